The molecule has 2 nitrogen and oxygen atoms in total. The van der Waals surface area contributed by atoms with Crippen molar-refractivity contribution in [2.24, 2.45) is 0 Å². The van der Waals surface area contributed by atoms with Crippen molar-refractivity contribution in [3.05, 3.63) is 64.1 Å². The van der Waals surface area contributed by atoms with Gasteiger partial charge in [-0.05, 0) is 30.3 Å². The van der Waals surface area contributed by atoms with Crippen molar-refractivity contribution < 1.29 is 9.84 Å². The summed E-state index contributed by atoms with van der Waals surface area (Å²) in [5.41, 5.74) is 1.52. The van der Waals surface area contributed by atoms with E-state index in [-0.39, 0.29) is 0 Å². The van der Waals surface area contributed by atoms with Crippen molar-refractivity contribution in [1.29, 1.82) is 0 Å². The van der Waals surface area contributed by atoms with Crippen LogP contribution in [-0.2, 0) is 0 Å². The molecule has 19 heavy (non-hydrogen) atoms. The van der Waals surface area contributed by atoms with Gasteiger partial charge in [-0.2, -0.15) is 0 Å². The second-order valence-electron chi connectivity index (χ2n) is 3.92. The quantitative estimate of drug-likeness (QED) is 0.859. The third-order valence-corrected chi connectivity index (χ3v) is 3.11. The Labute approximate surface area is 121 Å². The predicted molar refractivity (Wildman–Crippen MR) is 79.0 cm³/mol. The summed E-state index contributed by atoms with van der Waals surface area (Å²) < 4.78 is 6.10. The summed E-state index contributed by atoms with van der Waals surface area (Å²) in [6, 6.07) is 15.0. The fourth-order valence-corrected chi connectivity index (χ4v) is 2.05. The Hall–Kier alpha value is -1.76. The Bertz CT molecular complexity index is 612. The van der Waals surface area contributed by atoms with E-state index in [0.29, 0.717) is 11.3 Å². The van der Waals surface area contributed by atoms with Crippen LogP contribution in [0.25, 0.3) is 0 Å². The van der Waals surface area contributed by atoms with Crippen LogP contribution >= 0.6 is 15.9 Å². The molecule has 0 aromatic heterocycles. The van der Waals surface area contributed by atoms with Gasteiger partial charge in [0, 0.05) is 15.6 Å². The van der Waals surface area contributed by atoms with Gasteiger partial charge in [0.25, 0.3) is 0 Å². The second-order valence-corrected chi connectivity index (χ2v) is 4.84. The van der Waals surface area contributed by atoms with E-state index in [4.69, 9.17) is 4.74 Å². The molecular weight excluding hydrogens is 304 g/mol. The summed E-state index contributed by atoms with van der Waals surface area (Å²) in [5.74, 6) is 6.39. The zero-order valence-electron chi connectivity index (χ0n) is 10.4. The first-order chi connectivity index (χ1) is 9.20. The fourth-order valence-electron chi connectivity index (χ4n) is 1.67. The van der Waals surface area contributed by atoms with Crippen LogP contribution in [-0.4, -0.2) is 12.2 Å². The van der Waals surface area contributed by atoms with Gasteiger partial charge in [-0.3, -0.25) is 0 Å². The van der Waals surface area contributed by atoms with Crippen molar-refractivity contribution >= 4 is 15.9 Å². The van der Waals surface area contributed by atoms with Crippen LogP contribution in [0.15, 0.2) is 53.0 Å². The van der Waals surface area contributed by atoms with Crippen LogP contribution in [0.2, 0.25) is 0 Å². The van der Waals surface area contributed by atoms with Gasteiger partial charge in [-0.15, -0.1) is 0 Å². The normalized spacial score (nSPS) is 11.3. The molecule has 0 bridgehead atoms. The zero-order valence-corrected chi connectivity index (χ0v) is 12.0. The SMILES string of the molecule is COc1ccc(Br)cc1C(O)C#Cc1ccccc1. The highest BCUT2D eigenvalue weighted by molar-refractivity contribution is 9.10. The maximum atomic E-state index is 10.1. The minimum Gasteiger partial charge on any atom is -0.496 e. The molecule has 0 aliphatic carbocycles. The number of hydrogen-bond donors (Lipinski definition) is 1. The van der Waals surface area contributed by atoms with E-state index >= 15 is 0 Å². The Kier molecular flexibility index (Phi) is 4.62. The summed E-state index contributed by atoms with van der Waals surface area (Å²) >= 11 is 3.37. The summed E-state index contributed by atoms with van der Waals surface area (Å²) in [4.78, 5) is 0. The summed E-state index contributed by atoms with van der Waals surface area (Å²) in [7, 11) is 1.57. The third-order valence-electron chi connectivity index (χ3n) is 2.61. The van der Waals surface area contributed by atoms with Crippen LogP contribution in [0.4, 0.5) is 0 Å². The number of methoxy groups -OCH3 is 1. The molecule has 0 saturated carbocycles. The first-order valence-electron chi connectivity index (χ1n) is 5.79. The van der Waals surface area contributed by atoms with Gasteiger partial charge >= 0.3 is 0 Å². The van der Waals surface area contributed by atoms with Crippen LogP contribution in [0.5, 0.6) is 5.75 Å². The van der Waals surface area contributed by atoms with E-state index in [0.717, 1.165) is 10.0 Å². The summed E-state index contributed by atoms with van der Waals surface area (Å²) in [6.07, 6.45) is -0.882. The fraction of sp³-hybridized carbons (Fsp3) is 0.125. The second kappa shape index (κ2) is 6.42. The van der Waals surface area contributed by atoms with E-state index in [1.165, 1.54) is 0 Å². The highest BCUT2D eigenvalue weighted by Gasteiger charge is 2.11. The van der Waals surface area contributed by atoms with Gasteiger partial charge in [-0.25, -0.2) is 0 Å². The number of aliphatic hydroxyl groups excluding tert-OH is 1. The molecular formula is C16H13BrO2. The van der Waals surface area contributed by atoms with Crippen molar-refractivity contribution in [2.45, 2.75) is 6.10 Å². The molecule has 1 N–H and O–H groups in total. The molecule has 0 radical (unpaired) electrons. The van der Waals surface area contributed by atoms with Gasteiger partial charge in [-0.1, -0.05) is 46.0 Å². The average molecular weight is 317 g/mol. The van der Waals surface area contributed by atoms with E-state index in [1.54, 1.807) is 13.2 Å². The standard InChI is InChI=1S/C16H13BrO2/c1-19-16-10-8-13(17)11-14(16)15(18)9-7-12-5-3-2-4-6-12/h2-6,8,10-11,15,18H,1H3. The average Bonchev–Trinajstić information content (AvgIpc) is 2.46. The lowest BCUT2D eigenvalue weighted by Gasteiger charge is -2.10. The number of aliphatic hydroxyl groups is 1. The third kappa shape index (κ3) is 3.60. The van der Waals surface area contributed by atoms with Crippen molar-refractivity contribution in [3.8, 4) is 17.6 Å². The highest BCUT2D eigenvalue weighted by atomic mass is 79.9. The van der Waals surface area contributed by atoms with Crippen LogP contribution in [0.1, 0.15) is 17.2 Å². The van der Waals surface area contributed by atoms with E-state index in [1.807, 2.05) is 42.5 Å². The molecule has 96 valence electrons. The largest absolute Gasteiger partial charge is 0.496 e. The molecule has 0 saturated heterocycles. The van der Waals surface area contributed by atoms with Crippen molar-refractivity contribution in [2.75, 3.05) is 7.11 Å². The molecule has 2 aromatic carbocycles. The number of hydrogen-bond acceptors (Lipinski definition) is 2. The highest BCUT2D eigenvalue weighted by Crippen LogP contribution is 2.28. The van der Waals surface area contributed by atoms with Gasteiger partial charge in [0.1, 0.15) is 11.9 Å². The maximum absolute atomic E-state index is 10.1. The molecule has 2 aromatic rings. The summed E-state index contributed by atoms with van der Waals surface area (Å²) in [5, 5.41) is 10.1. The van der Waals surface area contributed by atoms with Crippen LogP contribution in [0.3, 0.4) is 0 Å². The number of halogens is 1. The molecule has 1 atom stereocenters. The van der Waals surface area contributed by atoms with E-state index in [9.17, 15) is 5.11 Å². The van der Waals surface area contributed by atoms with E-state index in [2.05, 4.69) is 27.8 Å². The van der Waals surface area contributed by atoms with Gasteiger partial charge in [0.05, 0.1) is 7.11 Å². The van der Waals surface area contributed by atoms with Crippen LogP contribution < -0.4 is 4.74 Å². The molecule has 0 amide bonds. The smallest absolute Gasteiger partial charge is 0.144 e. The lowest BCUT2D eigenvalue weighted by molar-refractivity contribution is 0.232. The molecule has 0 heterocycles. The lowest BCUT2D eigenvalue weighted by Crippen LogP contribution is -1.98. The van der Waals surface area contributed by atoms with Gasteiger partial charge < -0.3 is 9.84 Å². The summed E-state index contributed by atoms with van der Waals surface area (Å²) in [6.45, 7) is 0. The zero-order chi connectivity index (χ0) is 13.7. The molecule has 1 unspecified atom stereocenters. The molecule has 0 spiro atoms. The van der Waals surface area contributed by atoms with E-state index < -0.39 is 6.10 Å². The first kappa shape index (κ1) is 13.7. The molecule has 0 aliphatic rings. The monoisotopic (exact) mass is 316 g/mol. The van der Waals surface area contributed by atoms with Crippen LogP contribution in [0, 0.1) is 11.8 Å². The predicted octanol–water partition coefficient (Wildman–Crippen LogP) is 3.54. The number of rotatable bonds is 2. The molecule has 3 heteroatoms. The number of benzene rings is 2. The van der Waals surface area contributed by atoms with Crippen molar-refractivity contribution in [1.82, 2.24) is 0 Å². The topological polar surface area (TPSA) is 29.5 Å². The molecule has 0 fully saturated rings. The Morgan fingerprint density at radius 2 is 1.89 bits per heavy atom. The Morgan fingerprint density at radius 1 is 1.16 bits per heavy atom. The minimum atomic E-state index is -0.882. The molecule has 2 rings (SSSR count). The maximum Gasteiger partial charge on any atom is 0.144 e. The Morgan fingerprint density at radius 3 is 2.58 bits per heavy atom. The first-order valence-corrected chi connectivity index (χ1v) is 6.58. The van der Waals surface area contributed by atoms with Gasteiger partial charge in [0.15, 0.2) is 0 Å². The number of ether oxygens (including phenoxy) is 1. The molecule has 0 aliphatic heterocycles. The van der Waals surface area contributed by atoms with Gasteiger partial charge in [0.2, 0.25) is 0 Å². The lowest BCUT2D eigenvalue weighted by atomic mass is 10.1. The van der Waals surface area contributed by atoms with Crippen molar-refractivity contribution in [3.63, 3.8) is 0 Å². The Balaban J connectivity index is 2.28. The minimum absolute atomic E-state index is 0.623.